The van der Waals surface area contributed by atoms with Gasteiger partial charge in [0, 0.05) is 36.7 Å². The first kappa shape index (κ1) is 18.5. The van der Waals surface area contributed by atoms with E-state index in [0.717, 1.165) is 42.5 Å². The van der Waals surface area contributed by atoms with Crippen molar-refractivity contribution in [2.24, 2.45) is 0 Å². The van der Waals surface area contributed by atoms with E-state index in [2.05, 4.69) is 10.1 Å². The van der Waals surface area contributed by atoms with E-state index in [4.69, 9.17) is 24.3 Å². The van der Waals surface area contributed by atoms with Gasteiger partial charge in [-0.1, -0.05) is 0 Å². The van der Waals surface area contributed by atoms with Gasteiger partial charge in [-0.3, -0.25) is 0 Å². The average Bonchev–Trinajstić information content (AvgIpc) is 3.45. The summed E-state index contributed by atoms with van der Waals surface area (Å²) in [6.07, 6.45) is 8.44. The van der Waals surface area contributed by atoms with E-state index in [1.807, 2.05) is 41.2 Å². The van der Waals surface area contributed by atoms with Crippen LogP contribution in [0.4, 0.5) is 0 Å². The highest BCUT2D eigenvalue weighted by Gasteiger charge is 2.25. The third-order valence-corrected chi connectivity index (χ3v) is 5.61. The number of benzene rings is 1. The Balaban J connectivity index is 1.46. The zero-order chi connectivity index (χ0) is 20.6. The standard InChI is InChI=1S/C22H22N6O3/c1-2-11-30-20(4-1)28-18-6-5-15(31-16-13-29-14-16)12-17(18)21(26-28)22-23-9-7-19(25-22)27-10-3-8-24-27/h3,5-10,12,16,20H,1-2,4,11,13-14H2. The van der Waals surface area contributed by atoms with Gasteiger partial charge in [-0.15, -0.1) is 0 Å². The number of nitrogens with zero attached hydrogens (tertiary/aromatic N) is 6. The van der Waals surface area contributed by atoms with Crippen LogP contribution in [0.5, 0.6) is 5.75 Å². The number of rotatable bonds is 5. The van der Waals surface area contributed by atoms with Crippen LogP contribution in [0.1, 0.15) is 25.5 Å². The molecule has 2 fully saturated rings. The zero-order valence-corrected chi connectivity index (χ0v) is 16.9. The summed E-state index contributed by atoms with van der Waals surface area (Å²) in [5, 5.41) is 10.1. The minimum atomic E-state index is -0.0916. The van der Waals surface area contributed by atoms with E-state index in [9.17, 15) is 0 Å². The number of ether oxygens (including phenoxy) is 3. The molecule has 1 unspecified atom stereocenters. The minimum absolute atomic E-state index is 0.0916. The Morgan fingerprint density at radius 1 is 1.10 bits per heavy atom. The molecular formula is C22H22N6O3. The van der Waals surface area contributed by atoms with Crippen molar-refractivity contribution in [3.05, 3.63) is 48.9 Å². The fourth-order valence-electron chi connectivity index (χ4n) is 3.96. The first-order valence-corrected chi connectivity index (χ1v) is 10.6. The Bertz CT molecular complexity index is 1200. The maximum atomic E-state index is 6.04. The van der Waals surface area contributed by atoms with E-state index in [-0.39, 0.29) is 12.3 Å². The molecule has 2 aliphatic heterocycles. The average molecular weight is 418 g/mol. The van der Waals surface area contributed by atoms with Crippen molar-refractivity contribution >= 4 is 10.9 Å². The van der Waals surface area contributed by atoms with Gasteiger partial charge in [-0.05, 0) is 43.5 Å². The largest absolute Gasteiger partial charge is 0.486 e. The van der Waals surface area contributed by atoms with E-state index in [1.165, 1.54) is 0 Å². The molecule has 0 radical (unpaired) electrons. The van der Waals surface area contributed by atoms with Crippen molar-refractivity contribution in [2.45, 2.75) is 31.6 Å². The molecule has 31 heavy (non-hydrogen) atoms. The van der Waals surface area contributed by atoms with E-state index < -0.39 is 0 Å². The van der Waals surface area contributed by atoms with Gasteiger partial charge < -0.3 is 14.2 Å². The first-order valence-electron chi connectivity index (χ1n) is 10.6. The Labute approximate surface area is 178 Å². The fourth-order valence-corrected chi connectivity index (χ4v) is 3.96. The van der Waals surface area contributed by atoms with E-state index in [1.54, 1.807) is 17.1 Å². The normalized spacial score (nSPS) is 19.4. The van der Waals surface area contributed by atoms with Crippen LogP contribution in [-0.4, -0.2) is 55.5 Å². The monoisotopic (exact) mass is 418 g/mol. The molecule has 0 spiro atoms. The summed E-state index contributed by atoms with van der Waals surface area (Å²) in [4.78, 5) is 9.24. The molecule has 0 N–H and O–H groups in total. The second-order valence-corrected chi connectivity index (χ2v) is 7.76. The third-order valence-electron chi connectivity index (χ3n) is 5.61. The van der Waals surface area contributed by atoms with Gasteiger partial charge >= 0.3 is 0 Å². The van der Waals surface area contributed by atoms with E-state index >= 15 is 0 Å². The van der Waals surface area contributed by atoms with Crippen LogP contribution in [0.25, 0.3) is 28.2 Å². The maximum Gasteiger partial charge on any atom is 0.182 e. The molecule has 6 rings (SSSR count). The summed E-state index contributed by atoms with van der Waals surface area (Å²) in [5.74, 6) is 2.01. The SMILES string of the molecule is c1cnn(-c2ccnc(-c3nn(C4CCCCO4)c4ccc(OC5COC5)cc34)n2)c1. The second kappa shape index (κ2) is 7.75. The van der Waals surface area contributed by atoms with Crippen molar-refractivity contribution in [1.82, 2.24) is 29.5 Å². The molecule has 158 valence electrons. The number of hydrogen-bond donors (Lipinski definition) is 0. The number of hydrogen-bond acceptors (Lipinski definition) is 7. The molecule has 1 aromatic carbocycles. The zero-order valence-electron chi connectivity index (χ0n) is 16.9. The van der Waals surface area contributed by atoms with Crippen LogP contribution in [0.2, 0.25) is 0 Å². The molecule has 0 aliphatic carbocycles. The van der Waals surface area contributed by atoms with Crippen LogP contribution in [0.15, 0.2) is 48.9 Å². The van der Waals surface area contributed by atoms with Crippen molar-refractivity contribution in [1.29, 1.82) is 0 Å². The summed E-state index contributed by atoms with van der Waals surface area (Å²) in [6, 6.07) is 9.72. The smallest absolute Gasteiger partial charge is 0.182 e. The summed E-state index contributed by atoms with van der Waals surface area (Å²) in [7, 11) is 0. The lowest BCUT2D eigenvalue weighted by molar-refractivity contribution is -0.0796. The molecule has 0 bridgehead atoms. The molecule has 3 aromatic heterocycles. The highest BCUT2D eigenvalue weighted by atomic mass is 16.6. The number of fused-ring (bicyclic) bond motifs is 1. The number of aromatic nitrogens is 6. The molecule has 9 heteroatoms. The quantitative estimate of drug-likeness (QED) is 0.492. The topological polar surface area (TPSA) is 89.1 Å². The van der Waals surface area contributed by atoms with Gasteiger partial charge in [-0.2, -0.15) is 10.2 Å². The van der Waals surface area contributed by atoms with Crippen LogP contribution >= 0.6 is 0 Å². The van der Waals surface area contributed by atoms with Gasteiger partial charge in [0.2, 0.25) is 0 Å². The molecule has 4 aromatic rings. The Kier molecular flexibility index (Phi) is 4.62. The Morgan fingerprint density at radius 3 is 2.84 bits per heavy atom. The summed E-state index contributed by atoms with van der Waals surface area (Å²) >= 11 is 0. The summed E-state index contributed by atoms with van der Waals surface area (Å²) in [6.45, 7) is 1.99. The lowest BCUT2D eigenvalue weighted by Gasteiger charge is -2.26. The van der Waals surface area contributed by atoms with Crippen LogP contribution in [-0.2, 0) is 9.47 Å². The Hall–Kier alpha value is -3.30. The van der Waals surface area contributed by atoms with Crippen molar-refractivity contribution in [3.8, 4) is 23.1 Å². The highest BCUT2D eigenvalue weighted by molar-refractivity contribution is 5.92. The highest BCUT2D eigenvalue weighted by Crippen LogP contribution is 2.34. The molecule has 2 saturated heterocycles. The summed E-state index contributed by atoms with van der Waals surface area (Å²) < 4.78 is 21.0. The predicted octanol–water partition coefficient (Wildman–Crippen LogP) is 3.16. The summed E-state index contributed by atoms with van der Waals surface area (Å²) in [5.41, 5.74) is 1.68. The molecule has 1 atom stereocenters. The van der Waals surface area contributed by atoms with Gasteiger partial charge in [0.25, 0.3) is 0 Å². The van der Waals surface area contributed by atoms with Crippen molar-refractivity contribution in [2.75, 3.05) is 19.8 Å². The fraction of sp³-hybridized carbons (Fsp3) is 0.364. The molecule has 2 aliphatic rings. The van der Waals surface area contributed by atoms with Crippen molar-refractivity contribution in [3.63, 3.8) is 0 Å². The maximum absolute atomic E-state index is 6.04. The van der Waals surface area contributed by atoms with Gasteiger partial charge in [0.15, 0.2) is 17.9 Å². The molecule has 0 amide bonds. The van der Waals surface area contributed by atoms with Gasteiger partial charge in [0.1, 0.15) is 17.5 Å². The molecule has 5 heterocycles. The van der Waals surface area contributed by atoms with Crippen molar-refractivity contribution < 1.29 is 14.2 Å². The minimum Gasteiger partial charge on any atom is -0.486 e. The van der Waals surface area contributed by atoms with Gasteiger partial charge in [0.05, 0.1) is 18.7 Å². The molecule has 9 nitrogen and oxygen atoms in total. The first-order chi connectivity index (χ1) is 15.3. The molecular weight excluding hydrogens is 396 g/mol. The van der Waals surface area contributed by atoms with Crippen LogP contribution in [0.3, 0.4) is 0 Å². The van der Waals surface area contributed by atoms with Crippen LogP contribution in [0, 0.1) is 0 Å². The Morgan fingerprint density at radius 2 is 2.06 bits per heavy atom. The van der Waals surface area contributed by atoms with E-state index in [0.29, 0.717) is 30.5 Å². The predicted molar refractivity (Wildman–Crippen MR) is 112 cm³/mol. The molecule has 0 saturated carbocycles. The lowest BCUT2D eigenvalue weighted by Crippen LogP contribution is -2.38. The second-order valence-electron chi connectivity index (χ2n) is 7.76. The van der Waals surface area contributed by atoms with Crippen LogP contribution < -0.4 is 4.74 Å². The third kappa shape index (κ3) is 3.45. The van der Waals surface area contributed by atoms with Gasteiger partial charge in [-0.25, -0.2) is 19.3 Å². The lowest BCUT2D eigenvalue weighted by atomic mass is 10.1.